The molecule has 0 saturated heterocycles. The molecule has 0 atom stereocenters. The number of nitrogens with one attached hydrogen (secondary N) is 2. The van der Waals surface area contributed by atoms with Crippen molar-refractivity contribution in [3.63, 3.8) is 0 Å². The molecule has 0 aliphatic heterocycles. The van der Waals surface area contributed by atoms with Gasteiger partial charge in [0, 0.05) is 29.7 Å². The van der Waals surface area contributed by atoms with E-state index in [-0.39, 0.29) is 6.61 Å². The van der Waals surface area contributed by atoms with Crippen molar-refractivity contribution in [1.82, 2.24) is 9.97 Å². The van der Waals surface area contributed by atoms with Gasteiger partial charge in [-0.05, 0) is 35.9 Å². The zero-order chi connectivity index (χ0) is 21.2. The molecule has 3 rings (SSSR count). The van der Waals surface area contributed by atoms with Gasteiger partial charge in [0.2, 0.25) is 5.95 Å². The van der Waals surface area contributed by atoms with Crippen LogP contribution in [0.5, 0.6) is 0 Å². The average molecular weight is 424 g/mol. The fraction of sp³-hybridized carbons (Fsp3) is 0.227. The minimum absolute atomic E-state index is 0.00580. The molecule has 0 saturated carbocycles. The average Bonchev–Trinajstić information content (AvgIpc) is 2.76. The summed E-state index contributed by atoms with van der Waals surface area (Å²) in [7, 11) is 0. The molecule has 3 N–H and O–H groups in total. The molecule has 7 nitrogen and oxygen atoms in total. The van der Waals surface area contributed by atoms with Gasteiger partial charge in [0.1, 0.15) is 5.82 Å². The van der Waals surface area contributed by atoms with Crippen molar-refractivity contribution in [1.29, 1.82) is 5.26 Å². The number of aliphatic hydroxyl groups excluding tert-OH is 1. The smallest absolute Gasteiger partial charge is 0.229 e. The monoisotopic (exact) mass is 423 g/mol. The number of ether oxygens (including phenoxy) is 1. The molecule has 0 spiro atoms. The molecule has 0 radical (unpaired) electrons. The van der Waals surface area contributed by atoms with Gasteiger partial charge in [-0.25, -0.2) is 4.98 Å². The molecule has 3 aromatic rings. The lowest BCUT2D eigenvalue weighted by Crippen LogP contribution is -2.13. The Balaban J connectivity index is 1.79. The van der Waals surface area contributed by atoms with Crippen LogP contribution in [0.4, 0.5) is 17.5 Å². The van der Waals surface area contributed by atoms with Crippen molar-refractivity contribution in [2.24, 2.45) is 0 Å². The van der Waals surface area contributed by atoms with Gasteiger partial charge in [0.25, 0.3) is 0 Å². The third-order valence-electron chi connectivity index (χ3n) is 4.17. The van der Waals surface area contributed by atoms with Crippen LogP contribution in [0.15, 0.2) is 54.6 Å². The highest BCUT2D eigenvalue weighted by Crippen LogP contribution is 2.21. The van der Waals surface area contributed by atoms with E-state index in [1.54, 1.807) is 24.3 Å². The SMILES string of the molecule is N#Cc1ccc(Nc2nc(Cc3ccccc3Cl)cc(NCCOCCO)n2)cc1. The van der Waals surface area contributed by atoms with Crippen molar-refractivity contribution in [2.45, 2.75) is 6.42 Å². The van der Waals surface area contributed by atoms with Gasteiger partial charge in [-0.15, -0.1) is 0 Å². The molecule has 8 heteroatoms. The summed E-state index contributed by atoms with van der Waals surface area (Å²) in [5.74, 6) is 1.08. The molecule has 0 aliphatic rings. The Morgan fingerprint density at radius 1 is 1.07 bits per heavy atom. The van der Waals surface area contributed by atoms with Gasteiger partial charge in [-0.2, -0.15) is 10.2 Å². The van der Waals surface area contributed by atoms with Crippen LogP contribution in [0.3, 0.4) is 0 Å². The Kier molecular flexibility index (Phi) is 7.98. The van der Waals surface area contributed by atoms with E-state index in [9.17, 15) is 0 Å². The van der Waals surface area contributed by atoms with E-state index in [1.807, 2.05) is 30.3 Å². The first-order chi connectivity index (χ1) is 14.7. The fourth-order valence-electron chi connectivity index (χ4n) is 2.75. The van der Waals surface area contributed by atoms with Crippen LogP contribution in [0.2, 0.25) is 5.02 Å². The van der Waals surface area contributed by atoms with Gasteiger partial charge in [0.15, 0.2) is 0 Å². The van der Waals surface area contributed by atoms with Gasteiger partial charge in [-0.1, -0.05) is 29.8 Å². The van der Waals surface area contributed by atoms with Gasteiger partial charge in [-0.3, -0.25) is 0 Å². The summed E-state index contributed by atoms with van der Waals surface area (Å²) >= 11 is 6.31. The summed E-state index contributed by atoms with van der Waals surface area (Å²) < 4.78 is 5.28. The molecule has 30 heavy (non-hydrogen) atoms. The van der Waals surface area contributed by atoms with Crippen LogP contribution < -0.4 is 10.6 Å². The molecule has 2 aromatic carbocycles. The number of benzene rings is 2. The second-order valence-electron chi connectivity index (χ2n) is 6.41. The zero-order valence-electron chi connectivity index (χ0n) is 16.3. The van der Waals surface area contributed by atoms with Gasteiger partial charge < -0.3 is 20.5 Å². The summed E-state index contributed by atoms with van der Waals surface area (Å²) in [5.41, 5.74) is 3.13. The first-order valence-electron chi connectivity index (χ1n) is 9.49. The Hall–Kier alpha value is -3.18. The number of anilines is 3. The van der Waals surface area contributed by atoms with Crippen LogP contribution in [-0.4, -0.2) is 41.4 Å². The van der Waals surface area contributed by atoms with E-state index in [2.05, 4.69) is 26.7 Å². The first kappa shape index (κ1) is 21.5. The van der Waals surface area contributed by atoms with Gasteiger partial charge >= 0.3 is 0 Å². The summed E-state index contributed by atoms with van der Waals surface area (Å²) in [6.07, 6.45) is 0.555. The molecule has 0 fully saturated rings. The van der Waals surface area contributed by atoms with Crippen molar-refractivity contribution in [3.8, 4) is 6.07 Å². The van der Waals surface area contributed by atoms with E-state index < -0.39 is 0 Å². The number of aromatic nitrogens is 2. The lowest BCUT2D eigenvalue weighted by molar-refractivity contribution is 0.0992. The van der Waals surface area contributed by atoms with Crippen LogP contribution in [0.25, 0.3) is 0 Å². The molecule has 154 valence electrons. The molecule has 0 aliphatic carbocycles. The number of hydrogen-bond acceptors (Lipinski definition) is 7. The van der Waals surface area contributed by atoms with Crippen LogP contribution >= 0.6 is 11.6 Å². The maximum Gasteiger partial charge on any atom is 0.229 e. The minimum atomic E-state index is -0.00580. The Labute approximate surface area is 180 Å². The number of rotatable bonds is 10. The van der Waals surface area contributed by atoms with E-state index in [0.29, 0.717) is 48.5 Å². The number of hydrogen-bond donors (Lipinski definition) is 3. The lowest BCUT2D eigenvalue weighted by Gasteiger charge is -2.12. The lowest BCUT2D eigenvalue weighted by atomic mass is 10.1. The summed E-state index contributed by atoms with van der Waals surface area (Å²) in [6.45, 7) is 1.28. The Morgan fingerprint density at radius 3 is 2.60 bits per heavy atom. The highest BCUT2D eigenvalue weighted by Gasteiger charge is 2.08. The van der Waals surface area contributed by atoms with Crippen LogP contribution in [0.1, 0.15) is 16.8 Å². The summed E-state index contributed by atoms with van der Waals surface area (Å²) in [4.78, 5) is 9.13. The molecular formula is C22H22ClN5O2. The quantitative estimate of drug-likeness (QED) is 0.426. The predicted octanol–water partition coefficient (Wildman–Crippen LogP) is 3.76. The maximum absolute atomic E-state index is 8.95. The molecule has 1 aromatic heterocycles. The zero-order valence-corrected chi connectivity index (χ0v) is 17.1. The van der Waals surface area contributed by atoms with Crippen LogP contribution in [0, 0.1) is 11.3 Å². The second kappa shape index (κ2) is 11.1. The molecule has 1 heterocycles. The summed E-state index contributed by atoms with van der Waals surface area (Å²) in [5, 5.41) is 24.8. The normalized spacial score (nSPS) is 10.4. The molecule has 0 unspecified atom stereocenters. The minimum Gasteiger partial charge on any atom is -0.394 e. The van der Waals surface area contributed by atoms with E-state index >= 15 is 0 Å². The highest BCUT2D eigenvalue weighted by atomic mass is 35.5. The topological polar surface area (TPSA) is 103 Å². The number of aliphatic hydroxyl groups is 1. The van der Waals surface area contributed by atoms with Crippen LogP contribution in [-0.2, 0) is 11.2 Å². The molecule has 0 bridgehead atoms. The van der Waals surface area contributed by atoms with Gasteiger partial charge in [0.05, 0.1) is 37.1 Å². The Bertz CT molecular complexity index is 1010. The standard InChI is InChI=1S/C22H22ClN5O2/c23-20-4-2-1-3-17(20)13-19-14-21(25-9-11-30-12-10-29)28-22(27-19)26-18-7-5-16(15-24)6-8-18/h1-8,14,29H,9-13H2,(H2,25,26,27,28). The predicted molar refractivity (Wildman–Crippen MR) is 117 cm³/mol. The van der Waals surface area contributed by atoms with E-state index in [1.165, 1.54) is 0 Å². The van der Waals surface area contributed by atoms with Crippen molar-refractivity contribution in [3.05, 3.63) is 76.4 Å². The first-order valence-corrected chi connectivity index (χ1v) is 9.87. The largest absolute Gasteiger partial charge is 0.394 e. The van der Waals surface area contributed by atoms with Crippen molar-refractivity contribution < 1.29 is 9.84 Å². The number of nitrogens with zero attached hydrogens (tertiary/aromatic N) is 3. The number of nitriles is 1. The highest BCUT2D eigenvalue weighted by molar-refractivity contribution is 6.31. The maximum atomic E-state index is 8.95. The third kappa shape index (κ3) is 6.42. The van der Waals surface area contributed by atoms with E-state index in [4.69, 9.17) is 26.7 Å². The second-order valence-corrected chi connectivity index (χ2v) is 6.82. The van der Waals surface area contributed by atoms with E-state index in [0.717, 1.165) is 16.9 Å². The molecular weight excluding hydrogens is 402 g/mol. The van der Waals surface area contributed by atoms with Crippen molar-refractivity contribution in [2.75, 3.05) is 37.0 Å². The Morgan fingerprint density at radius 2 is 1.87 bits per heavy atom. The molecule has 0 amide bonds. The summed E-state index contributed by atoms with van der Waals surface area (Å²) in [6, 6.07) is 18.7. The fourth-order valence-corrected chi connectivity index (χ4v) is 2.95. The van der Waals surface area contributed by atoms with Crippen molar-refractivity contribution >= 4 is 29.1 Å². The third-order valence-corrected chi connectivity index (χ3v) is 4.54. The number of halogens is 1.